The molecule has 3 radical (unpaired) electrons. The molecule has 0 spiro atoms. The Labute approximate surface area is 79.3 Å². The minimum absolute atomic E-state index is 0.500. The van der Waals surface area contributed by atoms with Crippen LogP contribution < -0.4 is 0 Å². The van der Waals surface area contributed by atoms with Crippen molar-refractivity contribution in [3.8, 4) is 0 Å². The molecule has 0 aliphatic carbocycles. The fourth-order valence-electron chi connectivity index (χ4n) is 0. The van der Waals surface area contributed by atoms with Gasteiger partial charge < -0.3 is 16.2 Å². The van der Waals surface area contributed by atoms with Crippen LogP contribution in [0.15, 0.2) is 0 Å². The minimum Gasteiger partial charge on any atom is -0.724 e. The SMILES string of the molecule is CC(C)[Si].[N-]=C=O.[N-]=C=O.[N-]=C=O. The van der Waals surface area contributed by atoms with Gasteiger partial charge in [0.2, 0.25) is 0 Å². The third-order valence-corrected chi connectivity index (χ3v) is 0. The molecule has 7 heteroatoms. The molecule has 0 fully saturated rings. The van der Waals surface area contributed by atoms with Crippen molar-refractivity contribution < 1.29 is 14.4 Å². The third kappa shape index (κ3) is 268. The van der Waals surface area contributed by atoms with E-state index in [2.05, 4.69) is 24.1 Å². The zero-order valence-corrected chi connectivity index (χ0v) is 8.14. The maximum atomic E-state index is 8.24. The quantitative estimate of drug-likeness (QED) is 0.322. The fourth-order valence-corrected chi connectivity index (χ4v) is 0. The Balaban J connectivity index is -0.0000000420. The van der Waals surface area contributed by atoms with Crippen molar-refractivity contribution in [2.45, 2.75) is 19.4 Å². The van der Waals surface area contributed by atoms with Crippen molar-refractivity contribution in [1.82, 2.24) is 0 Å². The first-order valence-electron chi connectivity index (χ1n) is 2.73. The monoisotopic (exact) mass is 197 g/mol. The highest BCUT2D eigenvalue weighted by Crippen LogP contribution is 1.84. The van der Waals surface area contributed by atoms with E-state index in [4.69, 9.17) is 30.6 Å². The lowest BCUT2D eigenvalue weighted by Gasteiger charge is -1.78. The second-order valence-corrected chi connectivity index (χ2v) is 2.58. The smallest absolute Gasteiger partial charge is 0.0258 e. The second-order valence-electron chi connectivity index (χ2n) is 1.43. The highest BCUT2D eigenvalue weighted by Gasteiger charge is 1.69. The number of hydrogen-bond acceptors (Lipinski definition) is 3. The summed E-state index contributed by atoms with van der Waals surface area (Å²) in [6, 6.07) is 0. The molecule has 0 unspecified atom stereocenters. The summed E-state index contributed by atoms with van der Waals surface area (Å²) in [4.78, 5) is 24.7. The average Bonchev–Trinajstić information content (AvgIpc) is 1.88. The van der Waals surface area contributed by atoms with E-state index in [0.29, 0.717) is 23.8 Å². The minimum atomic E-state index is 0.500. The Morgan fingerprint density at radius 2 is 0.923 bits per heavy atom. The van der Waals surface area contributed by atoms with E-state index in [0.717, 1.165) is 0 Å². The van der Waals surface area contributed by atoms with Crippen molar-refractivity contribution in [3.05, 3.63) is 16.2 Å². The molecule has 0 aromatic heterocycles. The Bertz CT molecular complexity index is 144. The first-order valence-corrected chi connectivity index (χ1v) is 3.30. The van der Waals surface area contributed by atoms with Crippen LogP contribution in [0.1, 0.15) is 13.8 Å². The van der Waals surface area contributed by atoms with E-state index in [-0.39, 0.29) is 0 Å². The predicted octanol–water partition coefficient (Wildman–Crippen LogP) is 0.658. The molecular formula is C6H7N3O3Si-3. The van der Waals surface area contributed by atoms with Crippen LogP contribution >= 0.6 is 0 Å². The van der Waals surface area contributed by atoms with Crippen LogP contribution in [0.5, 0.6) is 0 Å². The second kappa shape index (κ2) is 47.8. The first-order chi connectivity index (χ1) is 5.97. The Hall–Kier alpha value is -1.64. The molecule has 0 atom stereocenters. The van der Waals surface area contributed by atoms with Crippen LogP contribution in [0.4, 0.5) is 0 Å². The van der Waals surface area contributed by atoms with Gasteiger partial charge >= 0.3 is 0 Å². The molecule has 0 heterocycles. The van der Waals surface area contributed by atoms with Crippen LogP contribution in [-0.4, -0.2) is 28.5 Å². The zero-order chi connectivity index (χ0) is 11.7. The summed E-state index contributed by atoms with van der Waals surface area (Å²) in [5.74, 6) is 0. The Morgan fingerprint density at radius 3 is 0.923 bits per heavy atom. The standard InChI is InChI=1S/C3H7Si.3CNO/c1-3(2)4;3*2-1-3/h3H,1-2H3;;;/q;3*-1. The summed E-state index contributed by atoms with van der Waals surface area (Å²) in [5, 5.41) is 20.3. The van der Waals surface area contributed by atoms with Crippen molar-refractivity contribution in [2.75, 3.05) is 0 Å². The molecule has 6 nitrogen and oxygen atoms in total. The first kappa shape index (κ1) is 22.5. The van der Waals surface area contributed by atoms with Crippen LogP contribution in [0.25, 0.3) is 16.2 Å². The van der Waals surface area contributed by atoms with E-state index in [1.54, 1.807) is 0 Å². The fraction of sp³-hybridized carbons (Fsp3) is 0.500. The van der Waals surface area contributed by atoms with Gasteiger partial charge in [-0.1, -0.05) is 19.4 Å². The predicted molar refractivity (Wildman–Crippen MR) is 48.0 cm³/mol. The van der Waals surface area contributed by atoms with Gasteiger partial charge in [-0.3, -0.25) is 14.4 Å². The number of hydrogen-bond donors (Lipinski definition) is 0. The van der Waals surface area contributed by atoms with Gasteiger partial charge in [0.15, 0.2) is 0 Å². The number of nitrogens with zero attached hydrogens (tertiary/aromatic N) is 3. The zero-order valence-electron chi connectivity index (χ0n) is 7.14. The molecule has 0 saturated carbocycles. The van der Waals surface area contributed by atoms with Gasteiger partial charge in [-0.15, -0.1) is 0 Å². The highest BCUT2D eigenvalue weighted by atomic mass is 28.1. The summed E-state index contributed by atoms with van der Waals surface area (Å²) >= 11 is 0. The molecule has 71 valence electrons. The van der Waals surface area contributed by atoms with E-state index in [1.807, 2.05) is 0 Å². The van der Waals surface area contributed by atoms with E-state index < -0.39 is 0 Å². The summed E-state index contributed by atoms with van der Waals surface area (Å²) in [6.45, 7) is 4.16. The lowest BCUT2D eigenvalue weighted by Crippen LogP contribution is -1.67. The van der Waals surface area contributed by atoms with Gasteiger partial charge in [-0.25, -0.2) is 0 Å². The van der Waals surface area contributed by atoms with Gasteiger partial charge in [-0.05, 0) is 18.2 Å². The Morgan fingerprint density at radius 1 is 0.923 bits per heavy atom. The van der Waals surface area contributed by atoms with Crippen LogP contribution in [-0.2, 0) is 14.4 Å². The molecule has 0 aliphatic heterocycles. The number of rotatable bonds is 0. The summed E-state index contributed by atoms with van der Waals surface area (Å²) < 4.78 is 0. The van der Waals surface area contributed by atoms with Gasteiger partial charge in [-0.2, -0.15) is 0 Å². The molecule has 0 aliphatic rings. The molecule has 0 bridgehead atoms. The van der Waals surface area contributed by atoms with Crippen LogP contribution in [0.2, 0.25) is 5.54 Å². The molecule has 0 N–H and O–H groups in total. The largest absolute Gasteiger partial charge is 0.724 e. The van der Waals surface area contributed by atoms with E-state index in [9.17, 15) is 0 Å². The van der Waals surface area contributed by atoms with Crippen molar-refractivity contribution in [1.29, 1.82) is 0 Å². The molecule has 0 aromatic carbocycles. The van der Waals surface area contributed by atoms with Crippen molar-refractivity contribution in [3.63, 3.8) is 0 Å². The van der Waals surface area contributed by atoms with Crippen LogP contribution in [0.3, 0.4) is 0 Å². The topological polar surface area (TPSA) is 118 Å². The number of carbonyl (C=O) groups excluding carboxylic acids is 3. The average molecular weight is 197 g/mol. The Kier molecular flexibility index (Phi) is 82.7. The maximum Gasteiger partial charge on any atom is 0.0258 e. The van der Waals surface area contributed by atoms with Gasteiger partial charge in [0.05, 0.1) is 0 Å². The van der Waals surface area contributed by atoms with Gasteiger partial charge in [0, 0.05) is 10.2 Å². The lowest BCUT2D eigenvalue weighted by atomic mass is 10.6. The van der Waals surface area contributed by atoms with Crippen LogP contribution in [0, 0.1) is 0 Å². The summed E-state index contributed by atoms with van der Waals surface area (Å²) in [6.07, 6.45) is 1.50. The third-order valence-electron chi connectivity index (χ3n) is 0. The molecule has 0 rings (SSSR count). The highest BCUT2D eigenvalue weighted by molar-refractivity contribution is 6.10. The molecule has 0 saturated heterocycles. The van der Waals surface area contributed by atoms with Gasteiger partial charge in [0.25, 0.3) is 0 Å². The number of isocyanates is 3. The molecule has 13 heavy (non-hydrogen) atoms. The molecular weight excluding hydrogens is 190 g/mol. The van der Waals surface area contributed by atoms with Crippen molar-refractivity contribution in [2.24, 2.45) is 0 Å². The van der Waals surface area contributed by atoms with E-state index in [1.165, 1.54) is 0 Å². The summed E-state index contributed by atoms with van der Waals surface area (Å²) in [7, 11) is 3.31. The summed E-state index contributed by atoms with van der Waals surface area (Å²) in [5.41, 5.74) is 0.639. The van der Waals surface area contributed by atoms with Gasteiger partial charge in [0.1, 0.15) is 0 Å². The maximum absolute atomic E-state index is 8.24. The molecule has 0 aromatic rings. The van der Waals surface area contributed by atoms with Crippen molar-refractivity contribution >= 4 is 28.5 Å². The van der Waals surface area contributed by atoms with E-state index >= 15 is 0 Å². The lowest BCUT2D eigenvalue weighted by molar-refractivity contribution is 0.568. The normalized spacial score (nSPS) is 4.62. The molecule has 0 amide bonds.